The van der Waals surface area contributed by atoms with E-state index in [-0.39, 0.29) is 18.4 Å². The van der Waals surface area contributed by atoms with Gasteiger partial charge in [-0.05, 0) is 26.8 Å². The summed E-state index contributed by atoms with van der Waals surface area (Å²) in [6.07, 6.45) is 0.821. The standard InChI is InChI=1S/C10H18N2O3/c1-7(5-8(13)14)12-4-3-10(2,6-12)9(11)15/h7H,3-6H2,1-2H3,(H2,11,15)(H,13,14). The van der Waals surface area contributed by atoms with Crippen molar-refractivity contribution < 1.29 is 14.7 Å². The summed E-state index contributed by atoms with van der Waals surface area (Å²) >= 11 is 0. The molecule has 3 N–H and O–H groups in total. The second-order valence-electron chi connectivity index (χ2n) is 4.59. The SMILES string of the molecule is CC(CC(=O)O)N1CCC(C)(C(N)=O)C1. The summed E-state index contributed by atoms with van der Waals surface area (Å²) in [7, 11) is 0. The average molecular weight is 214 g/mol. The highest BCUT2D eigenvalue weighted by Crippen LogP contribution is 2.31. The van der Waals surface area contributed by atoms with E-state index >= 15 is 0 Å². The number of rotatable bonds is 4. The van der Waals surface area contributed by atoms with Crippen LogP contribution in [0.15, 0.2) is 0 Å². The summed E-state index contributed by atoms with van der Waals surface area (Å²) in [5.41, 5.74) is 4.82. The van der Waals surface area contributed by atoms with Crippen LogP contribution in [0.4, 0.5) is 0 Å². The first-order chi connectivity index (χ1) is 6.85. The summed E-state index contributed by atoms with van der Waals surface area (Å²) in [6.45, 7) is 5.01. The molecule has 5 nitrogen and oxygen atoms in total. The van der Waals surface area contributed by atoms with Crippen LogP contribution in [-0.2, 0) is 9.59 Å². The van der Waals surface area contributed by atoms with Gasteiger partial charge < -0.3 is 10.8 Å². The molecule has 1 amide bonds. The molecule has 15 heavy (non-hydrogen) atoms. The molecule has 0 aromatic carbocycles. The molecule has 2 atom stereocenters. The van der Waals surface area contributed by atoms with Gasteiger partial charge in [0.05, 0.1) is 11.8 Å². The van der Waals surface area contributed by atoms with Gasteiger partial charge in [0.2, 0.25) is 5.91 Å². The fourth-order valence-corrected chi connectivity index (χ4v) is 1.96. The highest BCUT2D eigenvalue weighted by Gasteiger charge is 2.40. The van der Waals surface area contributed by atoms with E-state index in [1.165, 1.54) is 0 Å². The quantitative estimate of drug-likeness (QED) is 0.692. The highest BCUT2D eigenvalue weighted by atomic mass is 16.4. The van der Waals surface area contributed by atoms with Gasteiger partial charge in [-0.25, -0.2) is 0 Å². The maximum atomic E-state index is 11.2. The smallest absolute Gasteiger partial charge is 0.304 e. The number of carboxylic acid groups (broad SMARTS) is 1. The lowest BCUT2D eigenvalue weighted by Gasteiger charge is -2.25. The summed E-state index contributed by atoms with van der Waals surface area (Å²) in [5.74, 6) is -1.11. The van der Waals surface area contributed by atoms with Gasteiger partial charge in [0.1, 0.15) is 0 Å². The van der Waals surface area contributed by atoms with Gasteiger partial charge in [0.25, 0.3) is 0 Å². The largest absolute Gasteiger partial charge is 0.481 e. The maximum Gasteiger partial charge on any atom is 0.304 e. The third kappa shape index (κ3) is 2.68. The second-order valence-corrected chi connectivity index (χ2v) is 4.59. The van der Waals surface area contributed by atoms with E-state index in [9.17, 15) is 9.59 Å². The number of aliphatic carboxylic acids is 1. The Balaban J connectivity index is 2.56. The zero-order valence-electron chi connectivity index (χ0n) is 9.19. The zero-order chi connectivity index (χ0) is 11.6. The lowest BCUT2D eigenvalue weighted by Crippen LogP contribution is -2.39. The van der Waals surface area contributed by atoms with E-state index in [2.05, 4.69) is 0 Å². The van der Waals surface area contributed by atoms with Crippen LogP contribution >= 0.6 is 0 Å². The van der Waals surface area contributed by atoms with Gasteiger partial charge in [-0.15, -0.1) is 0 Å². The highest BCUT2D eigenvalue weighted by molar-refractivity contribution is 5.81. The molecule has 1 saturated heterocycles. The van der Waals surface area contributed by atoms with Crippen molar-refractivity contribution in [3.05, 3.63) is 0 Å². The average Bonchev–Trinajstić information content (AvgIpc) is 2.48. The molecule has 0 aliphatic carbocycles. The molecule has 0 spiro atoms. The first-order valence-electron chi connectivity index (χ1n) is 5.11. The van der Waals surface area contributed by atoms with Crippen LogP contribution < -0.4 is 5.73 Å². The minimum atomic E-state index is -0.810. The number of carbonyl (C=O) groups excluding carboxylic acids is 1. The molecule has 86 valence electrons. The Hall–Kier alpha value is -1.10. The van der Waals surface area contributed by atoms with E-state index in [1.807, 2.05) is 18.7 Å². The van der Waals surface area contributed by atoms with Gasteiger partial charge in [0.15, 0.2) is 0 Å². The minimum absolute atomic E-state index is 0.0383. The van der Waals surface area contributed by atoms with E-state index in [4.69, 9.17) is 10.8 Å². The van der Waals surface area contributed by atoms with Gasteiger partial charge in [-0.2, -0.15) is 0 Å². The number of primary amides is 1. The molecule has 1 aliphatic heterocycles. The molecule has 1 aliphatic rings. The molecule has 5 heteroatoms. The Morgan fingerprint density at radius 3 is 2.60 bits per heavy atom. The number of nitrogens with zero attached hydrogens (tertiary/aromatic N) is 1. The van der Waals surface area contributed by atoms with Crippen molar-refractivity contribution in [2.75, 3.05) is 13.1 Å². The number of likely N-dealkylation sites (tertiary alicyclic amines) is 1. The van der Waals surface area contributed by atoms with Gasteiger partial charge in [0, 0.05) is 12.6 Å². The Morgan fingerprint density at radius 2 is 2.20 bits per heavy atom. The van der Waals surface area contributed by atoms with Crippen molar-refractivity contribution in [1.29, 1.82) is 0 Å². The lowest BCUT2D eigenvalue weighted by atomic mass is 9.89. The number of hydrogen-bond donors (Lipinski definition) is 2. The molecule has 2 unspecified atom stereocenters. The summed E-state index contributed by atoms with van der Waals surface area (Å²) in [5, 5.41) is 8.67. The van der Waals surface area contributed by atoms with E-state index in [0.29, 0.717) is 13.0 Å². The normalized spacial score (nSPS) is 28.9. The third-order valence-electron chi connectivity index (χ3n) is 3.19. The van der Waals surface area contributed by atoms with Crippen LogP contribution in [-0.4, -0.2) is 41.0 Å². The molecule has 0 radical (unpaired) electrons. The van der Waals surface area contributed by atoms with Crippen LogP contribution in [0.25, 0.3) is 0 Å². The summed E-state index contributed by atoms with van der Waals surface area (Å²) in [4.78, 5) is 23.7. The lowest BCUT2D eigenvalue weighted by molar-refractivity contribution is -0.138. The Kier molecular flexibility index (Phi) is 3.34. The van der Waals surface area contributed by atoms with Crippen LogP contribution in [0.1, 0.15) is 26.7 Å². The second kappa shape index (κ2) is 4.18. The fourth-order valence-electron chi connectivity index (χ4n) is 1.96. The van der Waals surface area contributed by atoms with Crippen LogP contribution in [0.2, 0.25) is 0 Å². The van der Waals surface area contributed by atoms with Crippen LogP contribution in [0, 0.1) is 5.41 Å². The van der Waals surface area contributed by atoms with Gasteiger partial charge in [-0.3, -0.25) is 14.5 Å². The predicted octanol–water partition coefficient (Wildman–Crippen LogP) is 0.0469. The fraction of sp³-hybridized carbons (Fsp3) is 0.800. The Labute approximate surface area is 89.2 Å². The van der Waals surface area contributed by atoms with Gasteiger partial charge in [-0.1, -0.05) is 0 Å². The Morgan fingerprint density at radius 1 is 1.60 bits per heavy atom. The first-order valence-corrected chi connectivity index (χ1v) is 5.11. The number of amides is 1. The van der Waals surface area contributed by atoms with E-state index in [1.54, 1.807) is 0 Å². The van der Waals surface area contributed by atoms with Crippen LogP contribution in [0.5, 0.6) is 0 Å². The molecule has 1 rings (SSSR count). The molecule has 0 bridgehead atoms. The number of carbonyl (C=O) groups is 2. The molecule has 1 fully saturated rings. The van der Waals surface area contributed by atoms with Crippen molar-refractivity contribution in [2.24, 2.45) is 11.1 Å². The summed E-state index contributed by atoms with van der Waals surface area (Å²) < 4.78 is 0. The maximum absolute atomic E-state index is 11.2. The zero-order valence-corrected chi connectivity index (χ0v) is 9.19. The molecular weight excluding hydrogens is 196 g/mol. The van der Waals surface area contributed by atoms with E-state index in [0.717, 1.165) is 6.54 Å². The Bertz CT molecular complexity index is 280. The van der Waals surface area contributed by atoms with Crippen LogP contribution in [0.3, 0.4) is 0 Å². The monoisotopic (exact) mass is 214 g/mol. The molecule has 0 aromatic rings. The van der Waals surface area contributed by atoms with Gasteiger partial charge >= 0.3 is 5.97 Å². The van der Waals surface area contributed by atoms with Crippen molar-refractivity contribution in [3.8, 4) is 0 Å². The molecular formula is C10H18N2O3. The number of hydrogen-bond acceptors (Lipinski definition) is 3. The first kappa shape index (κ1) is 12.0. The van der Waals surface area contributed by atoms with Crippen molar-refractivity contribution in [1.82, 2.24) is 4.90 Å². The van der Waals surface area contributed by atoms with E-state index < -0.39 is 11.4 Å². The van der Waals surface area contributed by atoms with Crippen molar-refractivity contribution in [3.63, 3.8) is 0 Å². The van der Waals surface area contributed by atoms with Crippen molar-refractivity contribution in [2.45, 2.75) is 32.7 Å². The molecule has 1 heterocycles. The topological polar surface area (TPSA) is 83.6 Å². The predicted molar refractivity (Wildman–Crippen MR) is 55.2 cm³/mol. The van der Waals surface area contributed by atoms with Crippen molar-refractivity contribution >= 4 is 11.9 Å². The molecule has 0 aromatic heterocycles. The number of nitrogens with two attached hydrogens (primary N) is 1. The summed E-state index contributed by atoms with van der Waals surface area (Å²) in [6, 6.07) is -0.0383. The minimum Gasteiger partial charge on any atom is -0.481 e. The number of carboxylic acids is 1. The molecule has 0 saturated carbocycles. The third-order valence-corrected chi connectivity index (χ3v) is 3.19.